The second-order valence-electron chi connectivity index (χ2n) is 17.5. The lowest BCUT2D eigenvalue weighted by atomic mass is 9.28. The smallest absolute Gasteiger partial charge is 0.0741 e. The Balaban J connectivity index is 0. The minimum Gasteiger partial charge on any atom is -0.0741 e. The molecule has 0 rings (SSSR count). The van der Waals surface area contributed by atoms with Gasteiger partial charge in [-0.05, 0) is 0 Å². The quantitative estimate of drug-likeness (QED) is 0.0442. The Hall–Kier alpha value is 0.130. The third-order valence-corrected chi connectivity index (χ3v) is 12.8. The first-order valence-electron chi connectivity index (χ1n) is 24.4. The Morgan fingerprint density at radius 3 is 0.620 bits per heavy atom. The second-order valence-corrected chi connectivity index (χ2v) is 17.5. The first-order chi connectivity index (χ1) is 24.4. The summed E-state index contributed by atoms with van der Waals surface area (Å²) in [5, 5.41) is 0. The van der Waals surface area contributed by atoms with Crippen LogP contribution in [0.3, 0.4) is 0 Å². The Labute approximate surface area is 323 Å². The molecule has 0 aromatic heterocycles. The highest BCUT2D eigenvalue weighted by atomic mass is 14.1. The van der Waals surface area contributed by atoms with Crippen molar-refractivity contribution < 1.29 is 0 Å². The van der Waals surface area contributed by atoms with Crippen LogP contribution in [0.15, 0.2) is 0 Å². The van der Waals surface area contributed by atoms with Gasteiger partial charge in [-0.25, -0.2) is 0 Å². The van der Waals surface area contributed by atoms with Gasteiger partial charge in [-0.15, -0.1) is 0 Å². The SMILES string of the molecule is CCC(C)B(C(C)CC)C(C)CC.CCCCCCCCCCCCB(CCCCCCCCCCCC)CCCCCCCCCCCC. The fourth-order valence-electron chi connectivity index (χ4n) is 8.69. The summed E-state index contributed by atoms with van der Waals surface area (Å²) < 4.78 is 0. The van der Waals surface area contributed by atoms with E-state index in [4.69, 9.17) is 0 Å². The van der Waals surface area contributed by atoms with E-state index in [1.807, 2.05) is 0 Å². The van der Waals surface area contributed by atoms with Crippen LogP contribution < -0.4 is 0 Å². The molecule has 0 aliphatic carbocycles. The van der Waals surface area contributed by atoms with Crippen molar-refractivity contribution in [2.75, 3.05) is 0 Å². The molecule has 0 nitrogen and oxygen atoms in total. The summed E-state index contributed by atoms with van der Waals surface area (Å²) in [5.41, 5.74) is 0. The lowest BCUT2D eigenvalue weighted by molar-refractivity contribution is 0.557. The van der Waals surface area contributed by atoms with Gasteiger partial charge in [-0.3, -0.25) is 0 Å². The van der Waals surface area contributed by atoms with Crippen LogP contribution in [0.5, 0.6) is 0 Å². The molecule has 300 valence electrons. The van der Waals surface area contributed by atoms with E-state index in [0.717, 1.165) is 30.9 Å². The van der Waals surface area contributed by atoms with Crippen LogP contribution in [0, 0.1) is 0 Å². The summed E-state index contributed by atoms with van der Waals surface area (Å²) >= 11 is 0. The molecule has 0 N–H and O–H groups in total. The van der Waals surface area contributed by atoms with Crippen LogP contribution in [-0.4, -0.2) is 13.4 Å². The number of rotatable bonds is 39. The topological polar surface area (TPSA) is 0 Å². The van der Waals surface area contributed by atoms with Gasteiger partial charge in [0, 0.05) is 0 Å². The van der Waals surface area contributed by atoms with E-state index in [9.17, 15) is 0 Å². The summed E-state index contributed by atoms with van der Waals surface area (Å²) in [6.45, 7) is 23.2. The highest BCUT2D eigenvalue weighted by Crippen LogP contribution is 2.35. The number of unbranched alkanes of at least 4 members (excludes halogenated alkanes) is 27. The molecule has 0 aliphatic heterocycles. The standard InChI is InChI=1S/C36H75B.C12H27B/c1-4-7-10-13-16-19-22-25-28-31-34-37(35-32-29-26-23-20-17-14-11-8-5-2)36-33-30-27-24-21-18-15-12-9-6-3;1-7-10(4)13(11(5)8-2)12(6)9-3/h4-36H2,1-3H3;10-12H,7-9H2,1-6H3. The monoisotopic (exact) mass is 701 g/mol. The van der Waals surface area contributed by atoms with Crippen molar-refractivity contribution in [3.05, 3.63) is 0 Å². The largest absolute Gasteiger partial charge is 0.148 e. The molecule has 0 saturated carbocycles. The molecule has 0 fully saturated rings. The van der Waals surface area contributed by atoms with Gasteiger partial charge >= 0.3 is 0 Å². The van der Waals surface area contributed by atoms with E-state index in [-0.39, 0.29) is 0 Å². The molecule has 0 aromatic rings. The van der Waals surface area contributed by atoms with E-state index in [0.29, 0.717) is 0 Å². The molecule has 0 amide bonds. The molecule has 0 heterocycles. The van der Waals surface area contributed by atoms with E-state index >= 15 is 0 Å². The van der Waals surface area contributed by atoms with Crippen molar-refractivity contribution in [2.24, 2.45) is 0 Å². The fraction of sp³-hybridized carbons (Fsp3) is 1.00. The first kappa shape index (κ1) is 52.2. The van der Waals surface area contributed by atoms with E-state index in [1.165, 1.54) is 231 Å². The average Bonchev–Trinajstić information content (AvgIpc) is 3.13. The fourth-order valence-corrected chi connectivity index (χ4v) is 8.69. The maximum Gasteiger partial charge on any atom is 0.148 e. The predicted molar refractivity (Wildman–Crippen MR) is 241 cm³/mol. The van der Waals surface area contributed by atoms with Gasteiger partial charge in [-0.2, -0.15) is 0 Å². The van der Waals surface area contributed by atoms with Crippen molar-refractivity contribution in [2.45, 2.75) is 311 Å². The molecule has 0 aliphatic rings. The van der Waals surface area contributed by atoms with Gasteiger partial charge in [0.1, 0.15) is 13.4 Å². The zero-order chi connectivity index (χ0) is 37.3. The zero-order valence-electron chi connectivity index (χ0n) is 37.3. The molecule has 3 atom stereocenters. The molecule has 50 heavy (non-hydrogen) atoms. The molecule has 0 bridgehead atoms. The molecule has 2 heteroatoms. The lowest BCUT2D eigenvalue weighted by Gasteiger charge is -2.30. The van der Waals surface area contributed by atoms with E-state index < -0.39 is 0 Å². The van der Waals surface area contributed by atoms with Crippen LogP contribution in [-0.2, 0) is 0 Å². The molecule has 0 aromatic carbocycles. The highest BCUT2D eigenvalue weighted by molar-refractivity contribution is 6.63. The summed E-state index contributed by atoms with van der Waals surface area (Å²) in [5.74, 6) is 2.68. The van der Waals surface area contributed by atoms with Crippen molar-refractivity contribution in [1.82, 2.24) is 0 Å². The van der Waals surface area contributed by atoms with Crippen LogP contribution in [0.2, 0.25) is 36.4 Å². The minimum absolute atomic E-state index is 0.893. The van der Waals surface area contributed by atoms with E-state index in [1.54, 1.807) is 0 Å². The van der Waals surface area contributed by atoms with Crippen LogP contribution in [0.25, 0.3) is 0 Å². The molecule has 0 saturated heterocycles. The molecular weight excluding hydrogens is 598 g/mol. The van der Waals surface area contributed by atoms with E-state index in [2.05, 4.69) is 62.3 Å². The van der Waals surface area contributed by atoms with Gasteiger partial charge in [0.05, 0.1) is 0 Å². The lowest BCUT2D eigenvalue weighted by Crippen LogP contribution is -2.28. The summed E-state index contributed by atoms with van der Waals surface area (Å²) in [6, 6.07) is 0. The highest BCUT2D eigenvalue weighted by Gasteiger charge is 2.29. The third-order valence-electron chi connectivity index (χ3n) is 12.8. The van der Waals surface area contributed by atoms with Gasteiger partial charge in [0.2, 0.25) is 0 Å². The maximum absolute atomic E-state index is 2.42. The molecule has 0 spiro atoms. The maximum atomic E-state index is 2.42. The summed E-state index contributed by atoms with van der Waals surface area (Å²) in [7, 11) is 0. The number of hydrogen-bond acceptors (Lipinski definition) is 0. The Morgan fingerprint density at radius 1 is 0.260 bits per heavy atom. The van der Waals surface area contributed by atoms with Crippen LogP contribution in [0.1, 0.15) is 274 Å². The predicted octanol–water partition coefficient (Wildman–Crippen LogP) is 19.1. The van der Waals surface area contributed by atoms with Gasteiger partial charge in [0.15, 0.2) is 0 Å². The average molecular weight is 701 g/mol. The Morgan fingerprint density at radius 2 is 0.440 bits per heavy atom. The third kappa shape index (κ3) is 36.5. The minimum atomic E-state index is 0.893. The van der Waals surface area contributed by atoms with Crippen LogP contribution in [0.4, 0.5) is 0 Å². The summed E-state index contributed by atoms with van der Waals surface area (Å²) in [6.07, 6.45) is 52.8. The van der Waals surface area contributed by atoms with Gasteiger partial charge in [0.25, 0.3) is 0 Å². The zero-order valence-corrected chi connectivity index (χ0v) is 37.3. The first-order valence-corrected chi connectivity index (χ1v) is 24.4. The van der Waals surface area contributed by atoms with Gasteiger partial charge in [-0.1, -0.05) is 311 Å². The van der Waals surface area contributed by atoms with Crippen molar-refractivity contribution in [3.63, 3.8) is 0 Å². The molecule has 0 radical (unpaired) electrons. The number of hydrogen-bond donors (Lipinski definition) is 0. The van der Waals surface area contributed by atoms with Crippen LogP contribution >= 0.6 is 0 Å². The normalized spacial score (nSPS) is 13.1. The Bertz CT molecular complexity index is 510. The van der Waals surface area contributed by atoms with Crippen molar-refractivity contribution in [3.8, 4) is 0 Å². The molecular formula is C48H102B2. The molecule has 3 unspecified atom stereocenters. The summed E-state index contributed by atoms with van der Waals surface area (Å²) in [4.78, 5) is 0. The Kier molecular flexibility index (Phi) is 45.5. The van der Waals surface area contributed by atoms with Crippen molar-refractivity contribution >= 4 is 13.4 Å². The van der Waals surface area contributed by atoms with Crippen molar-refractivity contribution in [1.29, 1.82) is 0 Å². The second kappa shape index (κ2) is 43.5. The van der Waals surface area contributed by atoms with Gasteiger partial charge < -0.3 is 0 Å².